The highest BCUT2D eigenvalue weighted by molar-refractivity contribution is 7.98. The summed E-state index contributed by atoms with van der Waals surface area (Å²) in [5.41, 5.74) is 2.08. The van der Waals surface area contributed by atoms with E-state index in [1.807, 2.05) is 20.9 Å². The monoisotopic (exact) mass is 337 g/mol. The first-order chi connectivity index (χ1) is 11.2. The summed E-state index contributed by atoms with van der Waals surface area (Å²) in [5, 5.41) is 16.8. The number of thioether (sulfide) groups is 1. The third-order valence-electron chi connectivity index (χ3n) is 4.07. The highest BCUT2D eigenvalue weighted by atomic mass is 32.2. The fourth-order valence-corrected chi connectivity index (χ4v) is 3.85. The molecule has 3 heterocycles. The van der Waals surface area contributed by atoms with Crippen molar-refractivity contribution in [2.75, 3.05) is 13.7 Å². The lowest BCUT2D eigenvalue weighted by Gasteiger charge is -2.14. The minimum absolute atomic E-state index is 0.264. The third kappa shape index (κ3) is 3.76. The van der Waals surface area contributed by atoms with E-state index in [-0.39, 0.29) is 6.10 Å². The Kier molecular flexibility index (Phi) is 5.34. The molecule has 0 saturated carbocycles. The van der Waals surface area contributed by atoms with Crippen LogP contribution in [0.5, 0.6) is 0 Å². The highest BCUT2D eigenvalue weighted by Crippen LogP contribution is 2.26. The molecule has 1 aliphatic heterocycles. The van der Waals surface area contributed by atoms with Crippen molar-refractivity contribution in [3.63, 3.8) is 0 Å². The van der Waals surface area contributed by atoms with Crippen molar-refractivity contribution < 1.29 is 9.26 Å². The largest absolute Gasteiger partial charge is 0.376 e. The summed E-state index contributed by atoms with van der Waals surface area (Å²) >= 11 is 1.67. The fourth-order valence-electron chi connectivity index (χ4n) is 2.73. The van der Waals surface area contributed by atoms with E-state index in [1.54, 1.807) is 11.8 Å². The summed E-state index contributed by atoms with van der Waals surface area (Å²) < 4.78 is 13.2. The molecule has 126 valence electrons. The van der Waals surface area contributed by atoms with Crippen LogP contribution in [-0.2, 0) is 23.6 Å². The maximum absolute atomic E-state index is 5.77. The van der Waals surface area contributed by atoms with E-state index in [0.717, 1.165) is 59.7 Å². The molecule has 1 unspecified atom stereocenters. The second kappa shape index (κ2) is 7.46. The molecule has 0 aromatic carbocycles. The first-order valence-electron chi connectivity index (χ1n) is 7.92. The molecule has 0 aliphatic carbocycles. The zero-order chi connectivity index (χ0) is 16.2. The van der Waals surface area contributed by atoms with Gasteiger partial charge in [-0.25, -0.2) is 0 Å². The number of aromatic nitrogens is 4. The number of nitrogens with zero attached hydrogens (tertiary/aromatic N) is 4. The SMILES string of the molecule is CNCc1nnc(SCc2c(C)noc2C)n1CC1CCCO1. The van der Waals surface area contributed by atoms with Crippen LogP contribution in [0.1, 0.15) is 35.7 Å². The maximum atomic E-state index is 5.77. The van der Waals surface area contributed by atoms with Gasteiger partial charge in [0, 0.05) is 17.9 Å². The van der Waals surface area contributed by atoms with E-state index in [9.17, 15) is 0 Å². The fraction of sp³-hybridized carbons (Fsp3) is 0.667. The molecule has 1 N–H and O–H groups in total. The van der Waals surface area contributed by atoms with Gasteiger partial charge in [0.2, 0.25) is 0 Å². The topological polar surface area (TPSA) is 78.0 Å². The van der Waals surface area contributed by atoms with E-state index >= 15 is 0 Å². The predicted octanol–water partition coefficient (Wildman–Crippen LogP) is 2.07. The molecule has 8 heteroatoms. The summed E-state index contributed by atoms with van der Waals surface area (Å²) in [6, 6.07) is 0. The molecule has 23 heavy (non-hydrogen) atoms. The number of nitrogens with one attached hydrogen (secondary N) is 1. The average molecular weight is 337 g/mol. The maximum Gasteiger partial charge on any atom is 0.191 e. The number of hydrogen-bond donors (Lipinski definition) is 1. The van der Waals surface area contributed by atoms with Crippen molar-refractivity contribution in [1.82, 2.24) is 25.2 Å². The highest BCUT2D eigenvalue weighted by Gasteiger charge is 2.21. The van der Waals surface area contributed by atoms with E-state index in [0.29, 0.717) is 6.54 Å². The second-order valence-electron chi connectivity index (χ2n) is 5.77. The van der Waals surface area contributed by atoms with Crippen LogP contribution in [0.2, 0.25) is 0 Å². The van der Waals surface area contributed by atoms with Crippen molar-refractivity contribution in [3.8, 4) is 0 Å². The molecule has 0 radical (unpaired) electrons. The average Bonchev–Trinajstić information content (AvgIpc) is 3.24. The van der Waals surface area contributed by atoms with Gasteiger partial charge in [-0.2, -0.15) is 0 Å². The standard InChI is InChI=1S/C15H23N5O2S/c1-10-13(11(2)22-19-10)9-23-15-18-17-14(7-16-3)20(15)8-12-5-4-6-21-12/h12,16H,4-9H2,1-3H3. The van der Waals surface area contributed by atoms with Crippen LogP contribution in [0.15, 0.2) is 9.68 Å². The van der Waals surface area contributed by atoms with E-state index in [1.165, 1.54) is 0 Å². The first-order valence-corrected chi connectivity index (χ1v) is 8.90. The van der Waals surface area contributed by atoms with Gasteiger partial charge in [0.05, 0.1) is 24.9 Å². The number of aryl methyl sites for hydroxylation is 2. The van der Waals surface area contributed by atoms with Crippen LogP contribution in [0.3, 0.4) is 0 Å². The summed E-state index contributed by atoms with van der Waals surface area (Å²) in [7, 11) is 1.92. The van der Waals surface area contributed by atoms with Gasteiger partial charge in [0.1, 0.15) is 11.6 Å². The summed E-state index contributed by atoms with van der Waals surface area (Å²) in [6.07, 6.45) is 2.50. The Balaban J connectivity index is 1.75. The van der Waals surface area contributed by atoms with Crippen LogP contribution in [0, 0.1) is 13.8 Å². The molecule has 3 rings (SSSR count). The zero-order valence-corrected chi connectivity index (χ0v) is 14.7. The van der Waals surface area contributed by atoms with Gasteiger partial charge in [-0.05, 0) is 33.7 Å². The first kappa shape index (κ1) is 16.5. The van der Waals surface area contributed by atoms with Crippen molar-refractivity contribution in [2.45, 2.75) is 56.8 Å². The molecule has 2 aromatic heterocycles. The molecule has 1 saturated heterocycles. The summed E-state index contributed by atoms with van der Waals surface area (Å²) in [6.45, 7) is 6.28. The number of ether oxygens (including phenoxy) is 1. The Labute approximate surface area is 140 Å². The number of rotatable bonds is 7. The summed E-state index contributed by atoms with van der Waals surface area (Å²) in [4.78, 5) is 0. The van der Waals surface area contributed by atoms with Gasteiger partial charge in [0.25, 0.3) is 0 Å². The Morgan fingerprint density at radius 2 is 2.22 bits per heavy atom. The molecule has 1 atom stereocenters. The van der Waals surface area contributed by atoms with Gasteiger partial charge in [0.15, 0.2) is 5.16 Å². The molecule has 2 aromatic rings. The van der Waals surface area contributed by atoms with Gasteiger partial charge >= 0.3 is 0 Å². The Morgan fingerprint density at radius 3 is 2.87 bits per heavy atom. The quantitative estimate of drug-likeness (QED) is 0.775. The predicted molar refractivity (Wildman–Crippen MR) is 87.3 cm³/mol. The molecule has 0 bridgehead atoms. The molecular weight excluding hydrogens is 314 g/mol. The lowest BCUT2D eigenvalue weighted by atomic mass is 10.2. The van der Waals surface area contributed by atoms with E-state index in [4.69, 9.17) is 9.26 Å². The van der Waals surface area contributed by atoms with Crippen LogP contribution in [0.4, 0.5) is 0 Å². The van der Waals surface area contributed by atoms with Crippen molar-refractivity contribution in [1.29, 1.82) is 0 Å². The molecule has 0 spiro atoms. The Morgan fingerprint density at radius 1 is 1.35 bits per heavy atom. The lowest BCUT2D eigenvalue weighted by molar-refractivity contribution is 0.0941. The van der Waals surface area contributed by atoms with Crippen LogP contribution in [0.25, 0.3) is 0 Å². The minimum atomic E-state index is 0.264. The normalized spacial score (nSPS) is 18.0. The van der Waals surface area contributed by atoms with Crippen LogP contribution in [-0.4, -0.2) is 39.7 Å². The van der Waals surface area contributed by atoms with Gasteiger partial charge in [-0.3, -0.25) is 0 Å². The van der Waals surface area contributed by atoms with E-state index < -0.39 is 0 Å². The smallest absolute Gasteiger partial charge is 0.191 e. The molecular formula is C15H23N5O2S. The van der Waals surface area contributed by atoms with Crippen LogP contribution >= 0.6 is 11.8 Å². The number of hydrogen-bond acceptors (Lipinski definition) is 7. The molecule has 1 fully saturated rings. The lowest BCUT2D eigenvalue weighted by Crippen LogP contribution is -2.20. The minimum Gasteiger partial charge on any atom is -0.376 e. The van der Waals surface area contributed by atoms with E-state index in [2.05, 4.69) is 25.2 Å². The van der Waals surface area contributed by atoms with Crippen molar-refractivity contribution in [2.24, 2.45) is 0 Å². The zero-order valence-electron chi connectivity index (χ0n) is 13.8. The van der Waals surface area contributed by atoms with Gasteiger partial charge < -0.3 is 19.1 Å². The second-order valence-corrected chi connectivity index (χ2v) is 6.71. The summed E-state index contributed by atoms with van der Waals surface area (Å²) in [5.74, 6) is 2.60. The van der Waals surface area contributed by atoms with Crippen molar-refractivity contribution in [3.05, 3.63) is 22.8 Å². The van der Waals surface area contributed by atoms with Gasteiger partial charge in [-0.1, -0.05) is 16.9 Å². The molecule has 1 aliphatic rings. The van der Waals surface area contributed by atoms with Gasteiger partial charge in [-0.15, -0.1) is 10.2 Å². The third-order valence-corrected chi connectivity index (χ3v) is 5.06. The molecule has 0 amide bonds. The van der Waals surface area contributed by atoms with Crippen LogP contribution < -0.4 is 5.32 Å². The Hall–Kier alpha value is -1.38. The molecule has 7 nitrogen and oxygen atoms in total. The Bertz CT molecular complexity index is 629. The van der Waals surface area contributed by atoms with Crippen molar-refractivity contribution >= 4 is 11.8 Å².